The van der Waals surface area contributed by atoms with Gasteiger partial charge in [0.05, 0.1) is 17.2 Å². The fourth-order valence-electron chi connectivity index (χ4n) is 5.09. The molecule has 5 rings (SSSR count). The lowest BCUT2D eigenvalue weighted by Crippen LogP contribution is -2.37. The number of pyridine rings is 1. The number of rotatable bonds is 5. The second-order valence-electron chi connectivity index (χ2n) is 9.74. The summed E-state index contributed by atoms with van der Waals surface area (Å²) in [6, 6.07) is 8.63. The van der Waals surface area contributed by atoms with Gasteiger partial charge in [-0.15, -0.1) is 0 Å². The van der Waals surface area contributed by atoms with E-state index in [1.54, 1.807) is 22.6 Å². The summed E-state index contributed by atoms with van der Waals surface area (Å²) in [5.41, 5.74) is 4.35. The number of aromatic carboxylic acids is 1. The fraction of sp³-hybridized carbons (Fsp3) is 0.423. The molecule has 2 aromatic heterocycles. The Bertz CT molecular complexity index is 1300. The summed E-state index contributed by atoms with van der Waals surface area (Å²) in [4.78, 5) is 32.3. The fourth-order valence-corrected chi connectivity index (χ4v) is 5.09. The van der Waals surface area contributed by atoms with Crippen LogP contribution in [-0.2, 0) is 0 Å². The maximum absolute atomic E-state index is 13.4. The zero-order chi connectivity index (χ0) is 23.3. The molecule has 1 aliphatic carbocycles. The standard InChI is InChI=1S/C26H30N4O3/c1-16-14-20(18(3)27-21-7-5-4-6-19(21)25(32)33)23-28-22(17(2)24(31)30(23)15-16)29-12-10-26(8-9-26)11-13-29/h4-7,14-15,18,27H,8-13H2,1-3H3,(H,32,33)/t18-/m1/s1. The van der Waals surface area contributed by atoms with Crippen LogP contribution in [0.25, 0.3) is 5.65 Å². The average molecular weight is 447 g/mol. The molecule has 2 N–H and O–H groups in total. The minimum atomic E-state index is -0.981. The van der Waals surface area contributed by atoms with E-state index in [9.17, 15) is 14.7 Å². The van der Waals surface area contributed by atoms with Crippen LogP contribution in [0.15, 0.2) is 41.3 Å². The molecule has 1 atom stereocenters. The Morgan fingerprint density at radius 1 is 1.15 bits per heavy atom. The van der Waals surface area contributed by atoms with Crippen molar-refractivity contribution in [3.05, 3.63) is 69.1 Å². The lowest BCUT2D eigenvalue weighted by molar-refractivity contribution is 0.0698. The first-order chi connectivity index (χ1) is 15.8. The van der Waals surface area contributed by atoms with Crippen molar-refractivity contribution in [2.75, 3.05) is 23.3 Å². The number of carboxylic acid groups (broad SMARTS) is 1. The number of fused-ring (bicyclic) bond motifs is 1. The van der Waals surface area contributed by atoms with Gasteiger partial charge in [-0.1, -0.05) is 12.1 Å². The van der Waals surface area contributed by atoms with Gasteiger partial charge in [0.15, 0.2) is 0 Å². The van der Waals surface area contributed by atoms with Crippen LogP contribution < -0.4 is 15.8 Å². The molecule has 3 aromatic rings. The van der Waals surface area contributed by atoms with E-state index in [-0.39, 0.29) is 17.2 Å². The molecule has 7 heteroatoms. The van der Waals surface area contributed by atoms with E-state index >= 15 is 0 Å². The monoisotopic (exact) mass is 446 g/mol. The summed E-state index contributed by atoms with van der Waals surface area (Å²) in [6.07, 6.45) is 6.82. The van der Waals surface area contributed by atoms with Crippen LogP contribution in [0.5, 0.6) is 0 Å². The molecule has 1 saturated heterocycles. The quantitative estimate of drug-likeness (QED) is 0.597. The Morgan fingerprint density at radius 3 is 2.52 bits per heavy atom. The number of carboxylic acids is 1. The van der Waals surface area contributed by atoms with Crippen molar-refractivity contribution in [3.8, 4) is 0 Å². The highest BCUT2D eigenvalue weighted by molar-refractivity contribution is 5.94. The van der Waals surface area contributed by atoms with Crippen LogP contribution in [0.2, 0.25) is 0 Å². The third kappa shape index (κ3) is 3.86. The van der Waals surface area contributed by atoms with Crippen molar-refractivity contribution in [1.82, 2.24) is 9.38 Å². The number of anilines is 2. The molecule has 3 heterocycles. The Morgan fingerprint density at radius 2 is 1.85 bits per heavy atom. The van der Waals surface area contributed by atoms with Gasteiger partial charge in [0, 0.05) is 30.5 Å². The zero-order valence-corrected chi connectivity index (χ0v) is 19.4. The maximum Gasteiger partial charge on any atom is 0.337 e. The number of carbonyl (C=O) groups is 1. The summed E-state index contributed by atoms with van der Waals surface area (Å²) in [5.74, 6) is -0.205. The molecular formula is C26H30N4O3. The van der Waals surface area contributed by atoms with Gasteiger partial charge in [-0.25, -0.2) is 9.78 Å². The van der Waals surface area contributed by atoms with Gasteiger partial charge in [-0.05, 0) is 75.6 Å². The molecule has 0 bridgehead atoms. The van der Waals surface area contributed by atoms with Crippen LogP contribution in [-0.4, -0.2) is 33.6 Å². The highest BCUT2D eigenvalue weighted by atomic mass is 16.4. The minimum Gasteiger partial charge on any atom is -0.478 e. The van der Waals surface area contributed by atoms with E-state index in [1.807, 2.05) is 39.1 Å². The van der Waals surface area contributed by atoms with E-state index in [4.69, 9.17) is 4.98 Å². The number of nitrogens with one attached hydrogen (secondary N) is 1. The third-order valence-electron chi connectivity index (χ3n) is 7.37. The summed E-state index contributed by atoms with van der Waals surface area (Å²) in [6.45, 7) is 7.66. The Balaban J connectivity index is 1.56. The number of aromatic nitrogens is 2. The van der Waals surface area contributed by atoms with Crippen molar-refractivity contribution < 1.29 is 9.90 Å². The number of aryl methyl sites for hydroxylation is 1. The first-order valence-corrected chi connectivity index (χ1v) is 11.7. The normalized spacial score (nSPS) is 17.8. The lowest BCUT2D eigenvalue weighted by atomic mass is 9.93. The van der Waals surface area contributed by atoms with E-state index in [0.29, 0.717) is 22.3 Å². The van der Waals surface area contributed by atoms with Crippen molar-refractivity contribution in [2.45, 2.75) is 52.5 Å². The summed E-state index contributed by atoms with van der Waals surface area (Å²) < 4.78 is 1.64. The van der Waals surface area contributed by atoms with Crippen LogP contribution >= 0.6 is 0 Å². The van der Waals surface area contributed by atoms with Gasteiger partial charge in [0.25, 0.3) is 5.56 Å². The molecule has 2 aliphatic rings. The average Bonchev–Trinajstić information content (AvgIpc) is 3.55. The largest absolute Gasteiger partial charge is 0.478 e. The van der Waals surface area contributed by atoms with Crippen molar-refractivity contribution >= 4 is 23.1 Å². The molecule has 33 heavy (non-hydrogen) atoms. The summed E-state index contributed by atoms with van der Waals surface area (Å²) >= 11 is 0. The maximum atomic E-state index is 13.4. The molecule has 1 aromatic carbocycles. The third-order valence-corrected chi connectivity index (χ3v) is 7.37. The van der Waals surface area contributed by atoms with Crippen LogP contribution in [0, 0.1) is 19.3 Å². The van der Waals surface area contributed by atoms with Gasteiger partial charge >= 0.3 is 5.97 Å². The Labute approximate surface area is 193 Å². The number of hydrogen-bond donors (Lipinski definition) is 2. The number of nitrogens with zero attached hydrogens (tertiary/aromatic N) is 3. The molecule has 0 amide bonds. The van der Waals surface area contributed by atoms with Crippen LogP contribution in [0.3, 0.4) is 0 Å². The number of para-hydroxylation sites is 1. The van der Waals surface area contributed by atoms with E-state index in [1.165, 1.54) is 12.8 Å². The molecular weight excluding hydrogens is 416 g/mol. The first kappa shape index (κ1) is 21.5. The van der Waals surface area contributed by atoms with Gasteiger partial charge in [-0.3, -0.25) is 9.20 Å². The van der Waals surface area contributed by atoms with Crippen molar-refractivity contribution in [3.63, 3.8) is 0 Å². The predicted molar refractivity (Wildman–Crippen MR) is 129 cm³/mol. The number of benzene rings is 1. The predicted octanol–water partition coefficient (Wildman–Crippen LogP) is 4.56. The Hall–Kier alpha value is -3.35. The second kappa shape index (κ2) is 7.90. The topological polar surface area (TPSA) is 86.9 Å². The minimum absolute atomic E-state index is 0.0511. The molecule has 1 spiro atoms. The highest BCUT2D eigenvalue weighted by Gasteiger charge is 2.44. The molecule has 1 aliphatic heterocycles. The Kier molecular flexibility index (Phi) is 5.15. The zero-order valence-electron chi connectivity index (χ0n) is 19.4. The van der Waals surface area contributed by atoms with E-state index in [0.717, 1.165) is 42.9 Å². The van der Waals surface area contributed by atoms with Gasteiger partial charge < -0.3 is 15.3 Å². The van der Waals surface area contributed by atoms with E-state index < -0.39 is 5.97 Å². The highest BCUT2D eigenvalue weighted by Crippen LogP contribution is 2.53. The summed E-state index contributed by atoms with van der Waals surface area (Å²) in [5, 5.41) is 12.9. The molecule has 2 fully saturated rings. The first-order valence-electron chi connectivity index (χ1n) is 11.7. The number of piperidine rings is 1. The van der Waals surface area contributed by atoms with Crippen molar-refractivity contribution in [1.29, 1.82) is 0 Å². The smallest absolute Gasteiger partial charge is 0.337 e. The summed E-state index contributed by atoms with van der Waals surface area (Å²) in [7, 11) is 0. The van der Waals surface area contributed by atoms with Crippen LogP contribution in [0.4, 0.5) is 11.5 Å². The molecule has 0 radical (unpaired) electrons. The molecule has 172 valence electrons. The number of hydrogen-bond acceptors (Lipinski definition) is 5. The van der Waals surface area contributed by atoms with Crippen LogP contribution in [0.1, 0.15) is 65.7 Å². The van der Waals surface area contributed by atoms with E-state index in [2.05, 4.69) is 10.2 Å². The molecule has 0 unspecified atom stereocenters. The molecule has 1 saturated carbocycles. The van der Waals surface area contributed by atoms with Gasteiger partial charge in [0.1, 0.15) is 11.5 Å². The second-order valence-corrected chi connectivity index (χ2v) is 9.74. The lowest BCUT2D eigenvalue weighted by Gasteiger charge is -2.34. The SMILES string of the molecule is Cc1cc([C@@H](C)Nc2ccccc2C(=O)O)c2nc(N3CCC4(CC3)CC4)c(C)c(=O)n2c1. The van der Waals surface area contributed by atoms with Gasteiger partial charge in [-0.2, -0.15) is 0 Å². The van der Waals surface area contributed by atoms with Crippen molar-refractivity contribution in [2.24, 2.45) is 5.41 Å². The molecule has 7 nitrogen and oxygen atoms in total. The van der Waals surface area contributed by atoms with Gasteiger partial charge in [0.2, 0.25) is 0 Å².